The van der Waals surface area contributed by atoms with Crippen molar-refractivity contribution in [3.05, 3.63) is 28.3 Å². The zero-order valence-electron chi connectivity index (χ0n) is 10.6. The first-order chi connectivity index (χ1) is 8.16. The van der Waals surface area contributed by atoms with Gasteiger partial charge in [-0.05, 0) is 56.5 Å². The van der Waals surface area contributed by atoms with E-state index in [2.05, 4.69) is 5.32 Å². The standard InChI is InChI=1S/C14H20ClNO/c1-10-7-13(8-11(2)14(10)15)17-9-12-5-3-4-6-16-12/h7-8,12,16H,3-6,9H2,1-2H3. The number of halogens is 1. The fourth-order valence-corrected chi connectivity index (χ4v) is 2.36. The first kappa shape index (κ1) is 12.7. The summed E-state index contributed by atoms with van der Waals surface area (Å²) in [4.78, 5) is 0. The van der Waals surface area contributed by atoms with Gasteiger partial charge in [-0.15, -0.1) is 0 Å². The van der Waals surface area contributed by atoms with Gasteiger partial charge in [0.2, 0.25) is 0 Å². The van der Waals surface area contributed by atoms with E-state index in [0.717, 1.165) is 35.1 Å². The molecule has 1 aliphatic heterocycles. The van der Waals surface area contributed by atoms with Gasteiger partial charge in [-0.2, -0.15) is 0 Å². The van der Waals surface area contributed by atoms with E-state index in [-0.39, 0.29) is 0 Å². The van der Waals surface area contributed by atoms with E-state index in [4.69, 9.17) is 16.3 Å². The lowest BCUT2D eigenvalue weighted by molar-refractivity contribution is 0.239. The molecule has 1 N–H and O–H groups in total. The molecule has 2 rings (SSSR count). The Morgan fingerprint density at radius 3 is 2.59 bits per heavy atom. The molecule has 0 spiro atoms. The van der Waals surface area contributed by atoms with Gasteiger partial charge in [0.05, 0.1) is 0 Å². The van der Waals surface area contributed by atoms with E-state index >= 15 is 0 Å². The van der Waals surface area contributed by atoms with Crippen LogP contribution in [-0.4, -0.2) is 19.2 Å². The van der Waals surface area contributed by atoms with Crippen molar-refractivity contribution in [1.82, 2.24) is 5.32 Å². The van der Waals surface area contributed by atoms with Gasteiger partial charge in [-0.25, -0.2) is 0 Å². The van der Waals surface area contributed by atoms with Crippen LogP contribution >= 0.6 is 11.6 Å². The first-order valence-electron chi connectivity index (χ1n) is 6.30. The van der Waals surface area contributed by atoms with Crippen molar-refractivity contribution >= 4 is 11.6 Å². The lowest BCUT2D eigenvalue weighted by Gasteiger charge is -2.23. The zero-order chi connectivity index (χ0) is 12.3. The maximum Gasteiger partial charge on any atom is 0.120 e. The Morgan fingerprint density at radius 2 is 2.00 bits per heavy atom. The number of piperidine rings is 1. The molecule has 1 aromatic rings. The molecule has 1 atom stereocenters. The largest absolute Gasteiger partial charge is 0.492 e. The summed E-state index contributed by atoms with van der Waals surface area (Å²) in [5.41, 5.74) is 2.16. The van der Waals surface area contributed by atoms with Crippen LogP contribution in [0, 0.1) is 13.8 Å². The van der Waals surface area contributed by atoms with E-state index < -0.39 is 0 Å². The molecule has 1 saturated heterocycles. The molecular formula is C14H20ClNO. The highest BCUT2D eigenvalue weighted by molar-refractivity contribution is 6.32. The van der Waals surface area contributed by atoms with E-state index in [1.54, 1.807) is 0 Å². The average molecular weight is 254 g/mol. The molecule has 2 nitrogen and oxygen atoms in total. The van der Waals surface area contributed by atoms with Gasteiger partial charge in [0.25, 0.3) is 0 Å². The van der Waals surface area contributed by atoms with E-state index in [1.165, 1.54) is 19.3 Å². The van der Waals surface area contributed by atoms with Gasteiger partial charge in [-0.3, -0.25) is 0 Å². The van der Waals surface area contributed by atoms with Crippen LogP contribution in [-0.2, 0) is 0 Å². The second-order valence-electron chi connectivity index (χ2n) is 4.83. The molecular weight excluding hydrogens is 234 g/mol. The Balaban J connectivity index is 1.94. The van der Waals surface area contributed by atoms with Crippen LogP contribution < -0.4 is 10.1 Å². The van der Waals surface area contributed by atoms with E-state index in [1.807, 2.05) is 26.0 Å². The molecule has 1 aliphatic rings. The number of aryl methyl sites for hydroxylation is 2. The summed E-state index contributed by atoms with van der Waals surface area (Å²) in [7, 11) is 0. The van der Waals surface area contributed by atoms with Crippen LogP contribution in [0.4, 0.5) is 0 Å². The van der Waals surface area contributed by atoms with Crippen LogP contribution in [0.5, 0.6) is 5.75 Å². The van der Waals surface area contributed by atoms with Gasteiger partial charge >= 0.3 is 0 Å². The minimum atomic E-state index is 0.500. The Bertz CT molecular complexity index is 363. The second kappa shape index (κ2) is 5.74. The molecule has 0 amide bonds. The lowest BCUT2D eigenvalue weighted by atomic mass is 10.1. The smallest absolute Gasteiger partial charge is 0.120 e. The van der Waals surface area contributed by atoms with Crippen molar-refractivity contribution in [1.29, 1.82) is 0 Å². The average Bonchev–Trinajstić information content (AvgIpc) is 2.34. The predicted molar refractivity (Wildman–Crippen MR) is 72.1 cm³/mol. The summed E-state index contributed by atoms with van der Waals surface area (Å²) in [6.45, 7) is 5.90. The normalized spacial score (nSPS) is 20.3. The van der Waals surface area contributed by atoms with E-state index in [0.29, 0.717) is 6.04 Å². The minimum absolute atomic E-state index is 0.500. The second-order valence-corrected chi connectivity index (χ2v) is 5.21. The Kier molecular flexibility index (Phi) is 4.30. The van der Waals surface area contributed by atoms with Crippen LogP contribution in [0.2, 0.25) is 5.02 Å². The van der Waals surface area contributed by atoms with Crippen molar-refractivity contribution in [2.24, 2.45) is 0 Å². The summed E-state index contributed by atoms with van der Waals surface area (Å²) in [5, 5.41) is 4.32. The third-order valence-corrected chi connectivity index (χ3v) is 3.87. The summed E-state index contributed by atoms with van der Waals surface area (Å²) in [6, 6.07) is 4.52. The number of ether oxygens (including phenoxy) is 1. The quantitative estimate of drug-likeness (QED) is 0.891. The highest BCUT2D eigenvalue weighted by Gasteiger charge is 2.13. The Labute approximate surface area is 108 Å². The Morgan fingerprint density at radius 1 is 1.29 bits per heavy atom. The van der Waals surface area contributed by atoms with Gasteiger partial charge in [-0.1, -0.05) is 18.0 Å². The van der Waals surface area contributed by atoms with Crippen molar-refractivity contribution < 1.29 is 4.74 Å². The maximum atomic E-state index is 6.13. The number of rotatable bonds is 3. The third kappa shape index (κ3) is 3.36. The first-order valence-corrected chi connectivity index (χ1v) is 6.67. The summed E-state index contributed by atoms with van der Waals surface area (Å²) >= 11 is 6.13. The molecule has 1 aromatic carbocycles. The topological polar surface area (TPSA) is 21.3 Å². The highest BCUT2D eigenvalue weighted by Crippen LogP contribution is 2.26. The third-order valence-electron chi connectivity index (χ3n) is 3.27. The molecule has 1 unspecified atom stereocenters. The fraction of sp³-hybridized carbons (Fsp3) is 0.571. The number of hydrogen-bond acceptors (Lipinski definition) is 2. The fourth-order valence-electron chi connectivity index (χ4n) is 2.25. The van der Waals surface area contributed by atoms with Gasteiger partial charge in [0.15, 0.2) is 0 Å². The number of benzene rings is 1. The van der Waals surface area contributed by atoms with Crippen LogP contribution in [0.25, 0.3) is 0 Å². The molecule has 17 heavy (non-hydrogen) atoms. The Hall–Kier alpha value is -0.730. The molecule has 0 bridgehead atoms. The van der Waals surface area contributed by atoms with Gasteiger partial charge < -0.3 is 10.1 Å². The van der Waals surface area contributed by atoms with Crippen molar-refractivity contribution in [3.63, 3.8) is 0 Å². The number of hydrogen-bond donors (Lipinski definition) is 1. The van der Waals surface area contributed by atoms with Crippen LogP contribution in [0.3, 0.4) is 0 Å². The molecule has 1 fully saturated rings. The van der Waals surface area contributed by atoms with Crippen LogP contribution in [0.1, 0.15) is 30.4 Å². The van der Waals surface area contributed by atoms with Crippen LogP contribution in [0.15, 0.2) is 12.1 Å². The van der Waals surface area contributed by atoms with Crippen molar-refractivity contribution in [2.75, 3.05) is 13.2 Å². The molecule has 3 heteroatoms. The highest BCUT2D eigenvalue weighted by atomic mass is 35.5. The molecule has 0 aliphatic carbocycles. The summed E-state index contributed by atoms with van der Waals surface area (Å²) in [6.07, 6.45) is 3.81. The summed E-state index contributed by atoms with van der Waals surface area (Å²) in [5.74, 6) is 0.928. The summed E-state index contributed by atoms with van der Waals surface area (Å²) < 4.78 is 5.84. The van der Waals surface area contributed by atoms with E-state index in [9.17, 15) is 0 Å². The van der Waals surface area contributed by atoms with Crippen molar-refractivity contribution in [2.45, 2.75) is 39.2 Å². The molecule has 94 valence electrons. The minimum Gasteiger partial charge on any atom is -0.492 e. The zero-order valence-corrected chi connectivity index (χ0v) is 11.3. The lowest BCUT2D eigenvalue weighted by Crippen LogP contribution is -2.38. The molecule has 0 saturated carbocycles. The SMILES string of the molecule is Cc1cc(OCC2CCCCN2)cc(C)c1Cl. The van der Waals surface area contributed by atoms with Crippen molar-refractivity contribution in [3.8, 4) is 5.75 Å². The maximum absolute atomic E-state index is 6.13. The molecule has 1 heterocycles. The van der Waals surface area contributed by atoms with Gasteiger partial charge in [0, 0.05) is 11.1 Å². The predicted octanol–water partition coefficient (Wildman–Crippen LogP) is 3.48. The van der Waals surface area contributed by atoms with Gasteiger partial charge in [0.1, 0.15) is 12.4 Å². The number of nitrogens with one attached hydrogen (secondary N) is 1. The monoisotopic (exact) mass is 253 g/mol. The molecule has 0 aromatic heterocycles. The molecule has 0 radical (unpaired) electrons.